The number of aryl methyl sites for hydroxylation is 2. The van der Waals surface area contributed by atoms with Gasteiger partial charge in [-0.15, -0.1) is 0 Å². The number of carbonyl (C=O) groups excluding carboxylic acids is 4. The van der Waals surface area contributed by atoms with Gasteiger partial charge >= 0.3 is 18.4 Å². The number of Topliss-reactive ketones (excluding diaryl/α,β-unsaturated/α-hetero) is 1. The Hall–Kier alpha value is -6.83. The Morgan fingerprint density at radius 3 is 1.75 bits per heavy atom. The fourth-order valence-electron chi connectivity index (χ4n) is 9.52. The van der Waals surface area contributed by atoms with Gasteiger partial charge in [-0.2, -0.15) is 31.6 Å². The highest BCUT2D eigenvalue weighted by molar-refractivity contribution is 7.81. The zero-order chi connectivity index (χ0) is 54.8. The third kappa shape index (κ3) is 10.8. The van der Waals surface area contributed by atoms with Crippen molar-refractivity contribution in [3.63, 3.8) is 0 Å². The van der Waals surface area contributed by atoms with Gasteiger partial charge in [0, 0.05) is 23.5 Å². The number of benzene rings is 4. The number of halogens is 6. The second-order valence-corrected chi connectivity index (χ2v) is 21.0. The third-order valence-electron chi connectivity index (χ3n) is 13.4. The van der Waals surface area contributed by atoms with E-state index in [1.54, 1.807) is 78.8 Å². The van der Waals surface area contributed by atoms with E-state index in [9.17, 15) is 42.7 Å². The molecule has 3 aliphatic rings. The molecular formula is C53H57F6N7O7S2. The molecule has 4 aromatic carbocycles. The van der Waals surface area contributed by atoms with Crippen molar-refractivity contribution in [2.24, 2.45) is 5.92 Å². The quantitative estimate of drug-likeness (QED) is 0.0823. The number of nitriles is 1. The summed E-state index contributed by atoms with van der Waals surface area (Å²) >= 11 is 11.5. The Morgan fingerprint density at radius 1 is 0.747 bits per heavy atom. The lowest BCUT2D eigenvalue weighted by Crippen LogP contribution is -2.52. The summed E-state index contributed by atoms with van der Waals surface area (Å²) in [5.41, 5.74) is -6.06. The van der Waals surface area contributed by atoms with Crippen molar-refractivity contribution in [2.75, 3.05) is 32.8 Å². The van der Waals surface area contributed by atoms with Gasteiger partial charge in [0.2, 0.25) is 0 Å². The van der Waals surface area contributed by atoms with Crippen molar-refractivity contribution < 1.29 is 60.1 Å². The molecule has 3 saturated heterocycles. The summed E-state index contributed by atoms with van der Waals surface area (Å²) in [7, 11) is 0. The minimum atomic E-state index is -5.12. The van der Waals surface area contributed by atoms with E-state index in [2.05, 4.69) is 0 Å². The van der Waals surface area contributed by atoms with Crippen LogP contribution in [-0.2, 0) is 39.5 Å². The van der Waals surface area contributed by atoms with Crippen LogP contribution in [0.4, 0.5) is 53.9 Å². The summed E-state index contributed by atoms with van der Waals surface area (Å²) in [4.78, 5) is 62.5. The molecule has 3 heterocycles. The van der Waals surface area contributed by atoms with E-state index in [1.807, 2.05) is 13.8 Å². The standard InChI is InChI=1S/C53H54F6N6O7S2.H3N/c1-10-30-23-35(15-18-41(30)66)64-47(74)63(45(69)50(64,6)7)34-14-17-37(39(26-34)53(57,58)59)43(67)40-22-29(20-21-61(40)48(70)72-49(3,4)5)28-71-42-19-16-36(24-31(42)11-2)65-46(73)62(44(68)51(65,8)9)33-13-12-32(27-60)38(25-33)52(54,55)56;/h12-19,23-26,29,40,66H,10-11,20-22,28H2,1-9H3;1H3. The molecule has 14 nitrogen and oxygen atoms in total. The molecule has 0 spiro atoms. The van der Waals surface area contributed by atoms with Crippen molar-refractivity contribution in [1.82, 2.24) is 11.1 Å². The average Bonchev–Trinajstić information content (AvgIpc) is 3.62. The van der Waals surface area contributed by atoms with E-state index >= 15 is 13.2 Å². The van der Waals surface area contributed by atoms with E-state index in [1.165, 1.54) is 34.1 Å². The Balaban J connectivity index is 0.00000914. The number of likely N-dealkylation sites (tertiary alicyclic amines) is 1. The van der Waals surface area contributed by atoms with Crippen molar-refractivity contribution in [3.05, 3.63) is 106 Å². The molecule has 0 bridgehead atoms. The fourth-order valence-corrected chi connectivity index (χ4v) is 10.6. The number of carbonyl (C=O) groups is 4. The summed E-state index contributed by atoms with van der Waals surface area (Å²) in [6.45, 7) is 14.7. The van der Waals surface area contributed by atoms with Gasteiger partial charge in [-0.25, -0.2) is 4.79 Å². The van der Waals surface area contributed by atoms with E-state index in [4.69, 9.17) is 33.9 Å². The van der Waals surface area contributed by atoms with Crippen LogP contribution in [0.1, 0.15) is 113 Å². The highest BCUT2D eigenvalue weighted by Gasteiger charge is 2.53. The molecule has 400 valence electrons. The molecule has 2 atom stereocenters. The van der Waals surface area contributed by atoms with E-state index in [-0.39, 0.29) is 59.5 Å². The van der Waals surface area contributed by atoms with Crippen LogP contribution in [0.2, 0.25) is 0 Å². The van der Waals surface area contributed by atoms with Gasteiger partial charge in [0.15, 0.2) is 16.0 Å². The maximum atomic E-state index is 15.2. The lowest BCUT2D eigenvalue weighted by molar-refractivity contribution is -0.138. The van der Waals surface area contributed by atoms with Crippen molar-refractivity contribution in [3.8, 4) is 17.6 Å². The molecule has 4 aromatic rings. The number of ketones is 1. The molecule has 0 radical (unpaired) electrons. The maximum Gasteiger partial charge on any atom is 0.417 e. The second kappa shape index (κ2) is 20.7. The average molecular weight is 1080 g/mol. The van der Waals surface area contributed by atoms with Gasteiger partial charge in [0.05, 0.1) is 46.8 Å². The predicted octanol–water partition coefficient (Wildman–Crippen LogP) is 11.7. The maximum absolute atomic E-state index is 15.2. The predicted molar refractivity (Wildman–Crippen MR) is 278 cm³/mol. The zero-order valence-corrected chi connectivity index (χ0v) is 44.3. The number of hydrogen-bond donors (Lipinski definition) is 2. The molecule has 4 N–H and O–H groups in total. The zero-order valence-electron chi connectivity index (χ0n) is 42.7. The van der Waals surface area contributed by atoms with Gasteiger partial charge < -0.3 is 30.5 Å². The number of anilines is 4. The minimum absolute atomic E-state index is 0. The molecule has 3 aliphatic heterocycles. The smallest absolute Gasteiger partial charge is 0.417 e. The number of ether oxygens (including phenoxy) is 2. The first-order chi connectivity index (χ1) is 34.4. The van der Waals surface area contributed by atoms with Crippen LogP contribution in [0.15, 0.2) is 72.8 Å². The first-order valence-electron chi connectivity index (χ1n) is 23.7. The molecule has 22 heteroatoms. The molecule has 0 aliphatic carbocycles. The number of phenols is 1. The molecule has 75 heavy (non-hydrogen) atoms. The second-order valence-electron chi connectivity index (χ2n) is 20.3. The van der Waals surface area contributed by atoms with E-state index in [0.29, 0.717) is 53.2 Å². The number of phenolic OH excluding ortho intramolecular Hbond substituents is 1. The number of amides is 3. The molecule has 0 saturated carbocycles. The van der Waals surface area contributed by atoms with E-state index in [0.717, 1.165) is 26.8 Å². The van der Waals surface area contributed by atoms with Gasteiger partial charge in [-0.05, 0) is 188 Å². The lowest BCUT2D eigenvalue weighted by Gasteiger charge is -2.39. The Labute approximate surface area is 441 Å². The summed E-state index contributed by atoms with van der Waals surface area (Å²) < 4.78 is 99.5. The minimum Gasteiger partial charge on any atom is -0.508 e. The number of thiocarbonyl (C=S) groups is 2. The summed E-state index contributed by atoms with van der Waals surface area (Å²) in [5.74, 6) is -2.33. The van der Waals surface area contributed by atoms with Crippen LogP contribution in [0, 0.1) is 17.2 Å². The number of piperidine rings is 1. The van der Waals surface area contributed by atoms with Crippen LogP contribution in [0.3, 0.4) is 0 Å². The Morgan fingerprint density at radius 2 is 1.24 bits per heavy atom. The highest BCUT2D eigenvalue weighted by Crippen LogP contribution is 2.44. The Kier molecular flexibility index (Phi) is 15.9. The monoisotopic (exact) mass is 1080 g/mol. The summed E-state index contributed by atoms with van der Waals surface area (Å²) in [6.07, 6.45) is -9.92. The first kappa shape index (κ1) is 57.4. The lowest BCUT2D eigenvalue weighted by atomic mass is 9.86. The molecule has 3 fully saturated rings. The van der Waals surface area contributed by atoms with Crippen LogP contribution in [0.25, 0.3) is 0 Å². The molecule has 0 aromatic heterocycles. The topological polar surface area (TPSA) is 182 Å². The van der Waals surface area contributed by atoms with Gasteiger partial charge in [0.25, 0.3) is 11.8 Å². The van der Waals surface area contributed by atoms with Crippen molar-refractivity contribution in [2.45, 2.75) is 123 Å². The van der Waals surface area contributed by atoms with Crippen molar-refractivity contribution >= 4 is 81.1 Å². The van der Waals surface area contributed by atoms with Crippen LogP contribution >= 0.6 is 24.4 Å². The summed E-state index contributed by atoms with van der Waals surface area (Å²) in [5, 5.41) is 19.4. The Bertz CT molecular complexity index is 3020. The number of alkyl halides is 6. The van der Waals surface area contributed by atoms with Crippen LogP contribution in [0.5, 0.6) is 11.5 Å². The fraction of sp³-hybridized carbons (Fsp3) is 0.415. The number of nitrogens with zero attached hydrogens (tertiary/aromatic N) is 6. The first-order valence-corrected chi connectivity index (χ1v) is 24.5. The number of rotatable bonds is 11. The normalized spacial score (nSPS) is 18.8. The third-order valence-corrected chi connectivity index (χ3v) is 14.1. The highest BCUT2D eigenvalue weighted by atomic mass is 32.1. The number of aromatic hydroxyl groups is 1. The molecule has 7 rings (SSSR count). The van der Waals surface area contributed by atoms with E-state index < -0.39 is 86.9 Å². The van der Waals surface area contributed by atoms with Gasteiger partial charge in [0.1, 0.15) is 28.2 Å². The molecular weight excluding hydrogens is 1020 g/mol. The van der Waals surface area contributed by atoms with Crippen molar-refractivity contribution in [1.29, 1.82) is 5.26 Å². The van der Waals surface area contributed by atoms with Gasteiger partial charge in [-0.3, -0.25) is 29.1 Å². The largest absolute Gasteiger partial charge is 0.508 e. The molecule has 3 amide bonds. The van der Waals surface area contributed by atoms with Crippen LogP contribution in [-0.4, -0.2) is 79.8 Å². The summed E-state index contributed by atoms with van der Waals surface area (Å²) in [6, 6.07) is 15.5. The van der Waals surface area contributed by atoms with Crippen LogP contribution < -0.4 is 30.5 Å². The SMILES string of the molecule is CCc1cc(N2C(=S)N(c3ccc(C(=O)C4CC(COc5ccc(N6C(=S)N(c7ccc(C#N)c(C(F)(F)F)c7)C(=O)C6(C)C)cc5CC)CCN4C(=O)OC(C)(C)C)c(C(F)(F)F)c3)C(=O)C2(C)C)ccc1O.N. The number of hydrogen-bond acceptors (Lipinski definition) is 11. The molecule has 2 unspecified atom stereocenters. The van der Waals surface area contributed by atoms with Gasteiger partial charge in [-0.1, -0.05) is 13.8 Å².